The van der Waals surface area contributed by atoms with Crippen molar-refractivity contribution in [3.05, 3.63) is 59.7 Å². The molecule has 1 aromatic carbocycles. The van der Waals surface area contributed by atoms with E-state index < -0.39 is 0 Å². The van der Waals surface area contributed by atoms with Gasteiger partial charge in [0.05, 0.1) is 6.04 Å². The molecule has 0 aliphatic carbocycles. The van der Waals surface area contributed by atoms with Crippen LogP contribution in [0.2, 0.25) is 0 Å². The van der Waals surface area contributed by atoms with Crippen molar-refractivity contribution in [2.45, 2.75) is 25.3 Å². The molecule has 0 saturated carbocycles. The number of piperidine rings is 1. The lowest BCUT2D eigenvalue weighted by Gasteiger charge is -2.35. The van der Waals surface area contributed by atoms with E-state index in [4.69, 9.17) is 0 Å². The number of aromatic nitrogens is 1. The molecule has 3 heteroatoms. The van der Waals surface area contributed by atoms with Gasteiger partial charge in [0, 0.05) is 18.9 Å². The Labute approximate surface area is 119 Å². The van der Waals surface area contributed by atoms with Crippen LogP contribution in [-0.2, 0) is 7.05 Å². The van der Waals surface area contributed by atoms with Crippen LogP contribution in [-0.4, -0.2) is 22.6 Å². The first-order valence-electron chi connectivity index (χ1n) is 7.36. The van der Waals surface area contributed by atoms with Gasteiger partial charge in [-0.15, -0.1) is 0 Å². The summed E-state index contributed by atoms with van der Waals surface area (Å²) in [7, 11) is 2.08. The Bertz CT molecular complexity index is 553. The molecule has 1 aliphatic heterocycles. The highest BCUT2D eigenvalue weighted by Gasteiger charge is 2.25. The molecule has 1 fully saturated rings. The van der Waals surface area contributed by atoms with Gasteiger partial charge >= 0.3 is 0 Å². The van der Waals surface area contributed by atoms with Crippen LogP contribution < -0.4 is 0 Å². The molecule has 1 aliphatic rings. The quantitative estimate of drug-likeness (QED) is 0.826. The van der Waals surface area contributed by atoms with Crippen molar-refractivity contribution in [1.82, 2.24) is 9.47 Å². The maximum atomic E-state index is 13.2. The zero-order valence-corrected chi connectivity index (χ0v) is 11.9. The van der Waals surface area contributed by atoms with Gasteiger partial charge in [0.15, 0.2) is 0 Å². The Morgan fingerprint density at radius 1 is 1.00 bits per heavy atom. The van der Waals surface area contributed by atoms with E-state index in [0.717, 1.165) is 13.1 Å². The predicted molar refractivity (Wildman–Crippen MR) is 79.1 cm³/mol. The third-order valence-electron chi connectivity index (χ3n) is 4.21. The minimum absolute atomic E-state index is 0.168. The topological polar surface area (TPSA) is 8.17 Å². The van der Waals surface area contributed by atoms with Crippen LogP contribution in [0.5, 0.6) is 0 Å². The van der Waals surface area contributed by atoms with Crippen molar-refractivity contribution in [3.8, 4) is 0 Å². The second kappa shape index (κ2) is 5.80. The summed E-state index contributed by atoms with van der Waals surface area (Å²) in [5, 5.41) is 0. The largest absolute Gasteiger partial charge is 0.353 e. The smallest absolute Gasteiger partial charge is 0.123 e. The van der Waals surface area contributed by atoms with Crippen LogP contribution in [0.4, 0.5) is 4.39 Å². The summed E-state index contributed by atoms with van der Waals surface area (Å²) in [5.41, 5.74) is 2.45. The number of nitrogens with zero attached hydrogens (tertiary/aromatic N) is 2. The van der Waals surface area contributed by atoms with Crippen LogP contribution in [0, 0.1) is 5.82 Å². The van der Waals surface area contributed by atoms with Crippen molar-refractivity contribution in [2.75, 3.05) is 13.1 Å². The fraction of sp³-hybridized carbons (Fsp3) is 0.412. The molecule has 1 atom stereocenters. The normalized spacial score (nSPS) is 18.1. The summed E-state index contributed by atoms with van der Waals surface area (Å²) in [5.74, 6) is -0.168. The average Bonchev–Trinajstić information content (AvgIpc) is 2.89. The Balaban J connectivity index is 1.98. The maximum Gasteiger partial charge on any atom is 0.123 e. The van der Waals surface area contributed by atoms with Crippen molar-refractivity contribution in [2.24, 2.45) is 7.05 Å². The zero-order valence-electron chi connectivity index (χ0n) is 11.9. The van der Waals surface area contributed by atoms with E-state index in [0.29, 0.717) is 0 Å². The van der Waals surface area contributed by atoms with Gasteiger partial charge < -0.3 is 4.57 Å². The Morgan fingerprint density at radius 3 is 2.30 bits per heavy atom. The van der Waals surface area contributed by atoms with Gasteiger partial charge in [-0.25, -0.2) is 4.39 Å². The van der Waals surface area contributed by atoms with Crippen LogP contribution >= 0.6 is 0 Å². The molecule has 0 bridgehead atoms. The van der Waals surface area contributed by atoms with Crippen molar-refractivity contribution in [3.63, 3.8) is 0 Å². The molecule has 3 rings (SSSR count). The summed E-state index contributed by atoms with van der Waals surface area (Å²) in [6, 6.07) is 11.4. The minimum atomic E-state index is -0.168. The number of aryl methyl sites for hydroxylation is 1. The molecular weight excluding hydrogens is 251 g/mol. The van der Waals surface area contributed by atoms with Gasteiger partial charge in [0.1, 0.15) is 5.82 Å². The van der Waals surface area contributed by atoms with E-state index >= 15 is 0 Å². The second-order valence-corrected chi connectivity index (χ2v) is 5.59. The lowest BCUT2D eigenvalue weighted by molar-refractivity contribution is 0.182. The van der Waals surface area contributed by atoms with Gasteiger partial charge in [-0.2, -0.15) is 0 Å². The van der Waals surface area contributed by atoms with Crippen LogP contribution in [0.15, 0.2) is 42.6 Å². The third kappa shape index (κ3) is 2.63. The van der Waals surface area contributed by atoms with E-state index in [9.17, 15) is 4.39 Å². The molecule has 106 valence electrons. The van der Waals surface area contributed by atoms with E-state index in [-0.39, 0.29) is 11.9 Å². The monoisotopic (exact) mass is 272 g/mol. The molecule has 0 spiro atoms. The molecule has 0 radical (unpaired) electrons. The molecule has 0 N–H and O–H groups in total. The van der Waals surface area contributed by atoms with Gasteiger partial charge in [-0.3, -0.25) is 4.90 Å². The second-order valence-electron chi connectivity index (χ2n) is 5.59. The summed E-state index contributed by atoms with van der Waals surface area (Å²) in [6.07, 6.45) is 5.90. The summed E-state index contributed by atoms with van der Waals surface area (Å²) >= 11 is 0. The van der Waals surface area contributed by atoms with Crippen LogP contribution in [0.25, 0.3) is 0 Å². The maximum absolute atomic E-state index is 13.2. The molecule has 2 nitrogen and oxygen atoms in total. The minimum Gasteiger partial charge on any atom is -0.353 e. The Hall–Kier alpha value is -1.61. The fourth-order valence-electron chi connectivity index (χ4n) is 3.15. The Kier molecular flexibility index (Phi) is 3.88. The van der Waals surface area contributed by atoms with Crippen molar-refractivity contribution >= 4 is 0 Å². The van der Waals surface area contributed by atoms with Crippen LogP contribution in [0.1, 0.15) is 36.6 Å². The molecule has 20 heavy (non-hydrogen) atoms. The highest BCUT2D eigenvalue weighted by molar-refractivity contribution is 5.29. The van der Waals surface area contributed by atoms with Crippen molar-refractivity contribution < 1.29 is 4.39 Å². The zero-order chi connectivity index (χ0) is 13.9. The highest BCUT2D eigenvalue weighted by atomic mass is 19.1. The number of rotatable bonds is 3. The number of hydrogen-bond donors (Lipinski definition) is 0. The van der Waals surface area contributed by atoms with E-state index in [1.165, 1.54) is 30.5 Å². The molecule has 1 unspecified atom stereocenters. The molecular formula is C17H21FN2. The number of likely N-dealkylation sites (tertiary alicyclic amines) is 1. The predicted octanol–water partition coefficient (Wildman–Crippen LogP) is 3.74. The lowest BCUT2D eigenvalue weighted by Crippen LogP contribution is -2.35. The SMILES string of the molecule is Cn1cccc1C(c1ccc(F)cc1)N1CCCCC1. The van der Waals surface area contributed by atoms with Crippen molar-refractivity contribution in [1.29, 1.82) is 0 Å². The standard InChI is InChI=1S/C17H21FN2/c1-19-11-5-6-16(19)17(20-12-3-2-4-13-20)14-7-9-15(18)10-8-14/h5-11,17H,2-4,12-13H2,1H3. The van der Waals surface area contributed by atoms with Crippen LogP contribution in [0.3, 0.4) is 0 Å². The first kappa shape index (κ1) is 13.4. The number of benzene rings is 1. The number of hydrogen-bond acceptors (Lipinski definition) is 1. The first-order chi connectivity index (χ1) is 9.75. The number of halogens is 1. The average molecular weight is 272 g/mol. The first-order valence-corrected chi connectivity index (χ1v) is 7.36. The molecule has 1 aromatic heterocycles. The van der Waals surface area contributed by atoms with Gasteiger partial charge in [-0.1, -0.05) is 18.6 Å². The Morgan fingerprint density at radius 2 is 1.70 bits per heavy atom. The lowest BCUT2D eigenvalue weighted by atomic mass is 9.99. The van der Waals surface area contributed by atoms with E-state index in [1.807, 2.05) is 12.1 Å². The van der Waals surface area contributed by atoms with Gasteiger partial charge in [0.25, 0.3) is 0 Å². The van der Waals surface area contributed by atoms with E-state index in [1.54, 1.807) is 12.1 Å². The van der Waals surface area contributed by atoms with Gasteiger partial charge in [0.2, 0.25) is 0 Å². The third-order valence-corrected chi connectivity index (χ3v) is 4.21. The van der Waals surface area contributed by atoms with E-state index in [2.05, 4.69) is 34.8 Å². The summed E-state index contributed by atoms with van der Waals surface area (Å²) in [6.45, 7) is 2.24. The molecule has 1 saturated heterocycles. The molecule has 2 aromatic rings. The molecule has 0 amide bonds. The van der Waals surface area contributed by atoms with Gasteiger partial charge in [-0.05, 0) is 55.8 Å². The summed E-state index contributed by atoms with van der Waals surface area (Å²) in [4.78, 5) is 2.52. The summed E-state index contributed by atoms with van der Waals surface area (Å²) < 4.78 is 15.4. The fourth-order valence-corrected chi connectivity index (χ4v) is 3.15. The molecule has 2 heterocycles. The highest BCUT2D eigenvalue weighted by Crippen LogP contribution is 2.31.